The zero-order valence-corrected chi connectivity index (χ0v) is 11.5. The SMILES string of the molecule is Nc1ccc2c(c1)OCC(=NCc1ccccc1Cl)N2. The van der Waals surface area contributed by atoms with Crippen molar-refractivity contribution in [3.05, 3.63) is 53.1 Å². The van der Waals surface area contributed by atoms with Crippen LogP contribution >= 0.6 is 11.6 Å². The Bertz CT molecular complexity index is 670. The second kappa shape index (κ2) is 5.43. The highest BCUT2D eigenvalue weighted by Crippen LogP contribution is 2.29. The Hall–Kier alpha value is -2.20. The monoisotopic (exact) mass is 287 g/mol. The Balaban J connectivity index is 1.75. The van der Waals surface area contributed by atoms with Crippen LogP contribution in [0.4, 0.5) is 11.4 Å². The molecule has 2 aromatic carbocycles. The first-order chi connectivity index (χ1) is 9.72. The second-order valence-electron chi connectivity index (χ2n) is 4.52. The number of ether oxygens (including phenoxy) is 1. The number of fused-ring (bicyclic) bond motifs is 1. The van der Waals surface area contributed by atoms with Gasteiger partial charge in [-0.15, -0.1) is 0 Å². The fourth-order valence-corrected chi connectivity index (χ4v) is 2.19. The average Bonchev–Trinajstić information content (AvgIpc) is 2.46. The van der Waals surface area contributed by atoms with Crippen molar-refractivity contribution >= 4 is 28.8 Å². The lowest BCUT2D eigenvalue weighted by molar-refractivity contribution is 0.372. The van der Waals surface area contributed by atoms with Crippen LogP contribution < -0.4 is 15.8 Å². The van der Waals surface area contributed by atoms with E-state index in [9.17, 15) is 0 Å². The number of halogens is 1. The molecule has 3 N–H and O–H groups in total. The van der Waals surface area contributed by atoms with Crippen LogP contribution in [-0.2, 0) is 6.54 Å². The minimum Gasteiger partial charge on any atom is -0.483 e. The second-order valence-corrected chi connectivity index (χ2v) is 4.93. The molecule has 1 aliphatic rings. The van der Waals surface area contributed by atoms with E-state index in [1.54, 1.807) is 6.07 Å². The summed E-state index contributed by atoms with van der Waals surface area (Å²) in [6.45, 7) is 0.927. The predicted molar refractivity (Wildman–Crippen MR) is 82.6 cm³/mol. The van der Waals surface area contributed by atoms with E-state index in [-0.39, 0.29) is 0 Å². The number of amidine groups is 1. The van der Waals surface area contributed by atoms with Gasteiger partial charge < -0.3 is 15.8 Å². The lowest BCUT2D eigenvalue weighted by atomic mass is 10.2. The Labute approximate surface area is 122 Å². The first-order valence-corrected chi connectivity index (χ1v) is 6.66. The number of nitrogen functional groups attached to an aromatic ring is 1. The molecule has 0 spiro atoms. The molecule has 0 fully saturated rings. The predicted octanol–water partition coefficient (Wildman–Crippen LogP) is 3.33. The summed E-state index contributed by atoms with van der Waals surface area (Å²) < 4.78 is 5.63. The first kappa shape index (κ1) is 12.8. The molecule has 0 saturated heterocycles. The number of nitrogens with two attached hydrogens (primary N) is 1. The third kappa shape index (κ3) is 2.70. The molecule has 0 bridgehead atoms. The molecular formula is C15H14ClN3O. The number of nitrogens with zero attached hydrogens (tertiary/aromatic N) is 1. The molecule has 0 amide bonds. The molecular weight excluding hydrogens is 274 g/mol. The Morgan fingerprint density at radius 2 is 2.10 bits per heavy atom. The summed E-state index contributed by atoms with van der Waals surface area (Å²) >= 11 is 6.11. The molecule has 2 aromatic rings. The largest absolute Gasteiger partial charge is 0.483 e. The zero-order chi connectivity index (χ0) is 13.9. The van der Waals surface area contributed by atoms with Crippen molar-refractivity contribution < 1.29 is 4.74 Å². The summed E-state index contributed by atoms with van der Waals surface area (Å²) in [6.07, 6.45) is 0. The highest BCUT2D eigenvalue weighted by molar-refractivity contribution is 6.31. The molecule has 0 aliphatic carbocycles. The normalized spacial score (nSPS) is 15.3. The van der Waals surface area contributed by atoms with Crippen LogP contribution in [0.5, 0.6) is 5.75 Å². The third-order valence-corrected chi connectivity index (χ3v) is 3.42. The molecule has 1 aliphatic heterocycles. The number of benzene rings is 2. The summed E-state index contributed by atoms with van der Waals surface area (Å²) in [5, 5.41) is 3.96. The molecule has 5 heteroatoms. The molecule has 4 nitrogen and oxygen atoms in total. The van der Waals surface area contributed by atoms with E-state index in [4.69, 9.17) is 22.1 Å². The van der Waals surface area contributed by atoms with Gasteiger partial charge >= 0.3 is 0 Å². The van der Waals surface area contributed by atoms with Crippen molar-refractivity contribution in [3.63, 3.8) is 0 Å². The summed E-state index contributed by atoms with van der Waals surface area (Å²) in [5.74, 6) is 1.53. The molecule has 0 radical (unpaired) electrons. The van der Waals surface area contributed by atoms with E-state index in [1.807, 2.05) is 36.4 Å². The van der Waals surface area contributed by atoms with Gasteiger partial charge in [0.2, 0.25) is 0 Å². The zero-order valence-electron chi connectivity index (χ0n) is 10.8. The van der Waals surface area contributed by atoms with Gasteiger partial charge in [0.15, 0.2) is 0 Å². The topological polar surface area (TPSA) is 59.6 Å². The first-order valence-electron chi connectivity index (χ1n) is 6.28. The van der Waals surface area contributed by atoms with Gasteiger partial charge in [-0.05, 0) is 23.8 Å². The molecule has 0 aromatic heterocycles. The van der Waals surface area contributed by atoms with Crippen molar-refractivity contribution in [2.75, 3.05) is 17.7 Å². The smallest absolute Gasteiger partial charge is 0.146 e. The van der Waals surface area contributed by atoms with Crippen LogP contribution in [0.2, 0.25) is 5.02 Å². The summed E-state index contributed by atoms with van der Waals surface area (Å²) in [7, 11) is 0. The van der Waals surface area contributed by atoms with E-state index >= 15 is 0 Å². The lowest BCUT2D eigenvalue weighted by Gasteiger charge is -2.21. The number of hydrogen-bond donors (Lipinski definition) is 2. The number of nitrogens with one attached hydrogen (secondary N) is 1. The number of rotatable bonds is 2. The van der Waals surface area contributed by atoms with Gasteiger partial charge in [-0.25, -0.2) is 0 Å². The number of anilines is 2. The van der Waals surface area contributed by atoms with E-state index in [1.165, 1.54) is 0 Å². The summed E-state index contributed by atoms with van der Waals surface area (Å²) in [6, 6.07) is 13.2. The molecule has 0 atom stereocenters. The number of hydrogen-bond acceptors (Lipinski definition) is 3. The van der Waals surface area contributed by atoms with Crippen LogP contribution in [0.1, 0.15) is 5.56 Å². The number of aliphatic imine (C=N–C) groups is 1. The standard InChI is InChI=1S/C15H14ClN3O/c16-12-4-2-1-3-10(12)8-18-15-9-20-14-7-11(17)5-6-13(14)19-15/h1-7H,8-9,17H2,(H,18,19). The maximum atomic E-state index is 6.11. The van der Waals surface area contributed by atoms with Crippen molar-refractivity contribution in [2.24, 2.45) is 4.99 Å². The average molecular weight is 288 g/mol. The van der Waals surface area contributed by atoms with Crippen LogP contribution in [0, 0.1) is 0 Å². The molecule has 1 heterocycles. The lowest BCUT2D eigenvalue weighted by Crippen LogP contribution is -2.26. The highest BCUT2D eigenvalue weighted by atomic mass is 35.5. The van der Waals surface area contributed by atoms with Gasteiger partial charge in [0.05, 0.1) is 12.2 Å². The van der Waals surface area contributed by atoms with Crippen molar-refractivity contribution in [1.82, 2.24) is 0 Å². The molecule has 0 saturated carbocycles. The molecule has 102 valence electrons. The third-order valence-electron chi connectivity index (χ3n) is 3.05. The van der Waals surface area contributed by atoms with Gasteiger partial charge in [-0.2, -0.15) is 0 Å². The van der Waals surface area contributed by atoms with Crippen LogP contribution in [-0.4, -0.2) is 12.4 Å². The van der Waals surface area contributed by atoms with Gasteiger partial charge in [-0.3, -0.25) is 4.99 Å². The van der Waals surface area contributed by atoms with E-state index < -0.39 is 0 Å². The summed E-state index contributed by atoms with van der Waals surface area (Å²) in [4.78, 5) is 4.50. The quantitative estimate of drug-likeness (QED) is 0.833. The minimum absolute atomic E-state index is 0.404. The molecule has 20 heavy (non-hydrogen) atoms. The minimum atomic E-state index is 0.404. The van der Waals surface area contributed by atoms with Crippen molar-refractivity contribution in [2.45, 2.75) is 6.54 Å². The maximum Gasteiger partial charge on any atom is 0.146 e. The fraction of sp³-hybridized carbons (Fsp3) is 0.133. The maximum absolute atomic E-state index is 6.11. The van der Waals surface area contributed by atoms with Crippen LogP contribution in [0.15, 0.2) is 47.5 Å². The van der Waals surface area contributed by atoms with E-state index in [2.05, 4.69) is 10.3 Å². The van der Waals surface area contributed by atoms with Crippen molar-refractivity contribution in [1.29, 1.82) is 0 Å². The molecule has 3 rings (SSSR count). The van der Waals surface area contributed by atoms with Crippen molar-refractivity contribution in [3.8, 4) is 5.75 Å². The molecule has 0 unspecified atom stereocenters. The van der Waals surface area contributed by atoms with Gasteiger partial charge in [0.25, 0.3) is 0 Å². The van der Waals surface area contributed by atoms with E-state index in [0.717, 1.165) is 27.9 Å². The van der Waals surface area contributed by atoms with Gasteiger partial charge in [-0.1, -0.05) is 29.8 Å². The highest BCUT2D eigenvalue weighted by Gasteiger charge is 2.14. The van der Waals surface area contributed by atoms with Gasteiger partial charge in [0, 0.05) is 16.8 Å². The Kier molecular flexibility index (Phi) is 3.48. The van der Waals surface area contributed by atoms with E-state index in [0.29, 0.717) is 18.8 Å². The summed E-state index contributed by atoms with van der Waals surface area (Å²) in [5.41, 5.74) is 8.27. The Morgan fingerprint density at radius 1 is 1.25 bits per heavy atom. The Morgan fingerprint density at radius 3 is 2.95 bits per heavy atom. The van der Waals surface area contributed by atoms with Crippen LogP contribution in [0.25, 0.3) is 0 Å². The fourth-order valence-electron chi connectivity index (χ4n) is 1.99. The van der Waals surface area contributed by atoms with Crippen LogP contribution in [0.3, 0.4) is 0 Å². The van der Waals surface area contributed by atoms with Gasteiger partial charge in [0.1, 0.15) is 18.2 Å².